The molecule has 0 atom stereocenters. The molecule has 0 unspecified atom stereocenters. The summed E-state index contributed by atoms with van der Waals surface area (Å²) in [7, 11) is 0. The third kappa shape index (κ3) is 3.32. The van der Waals surface area contributed by atoms with Gasteiger partial charge in [-0.25, -0.2) is 4.98 Å². The third-order valence-electron chi connectivity index (χ3n) is 2.85. The lowest BCUT2D eigenvalue weighted by atomic mass is 10.2. The number of thiophene rings is 2. The zero-order chi connectivity index (χ0) is 12.9. The average molecular weight is 289 g/mol. The van der Waals surface area contributed by atoms with Gasteiger partial charge in [-0.3, -0.25) is 0 Å². The molecule has 98 valence electrons. The molecule has 0 fully saturated rings. The monoisotopic (exact) mass is 289 g/mol. The molecule has 0 aliphatic carbocycles. The van der Waals surface area contributed by atoms with Gasteiger partial charge >= 0.3 is 0 Å². The summed E-state index contributed by atoms with van der Waals surface area (Å²) < 4.78 is 0. The number of rotatable bonds is 6. The molecule has 0 saturated carbocycles. The topological polar surface area (TPSA) is 40.7 Å². The highest BCUT2D eigenvalue weighted by molar-refractivity contribution is 7.14. The number of aromatic nitrogens is 2. The first-order valence-electron chi connectivity index (χ1n) is 6.22. The van der Waals surface area contributed by atoms with Gasteiger partial charge in [-0.1, -0.05) is 6.07 Å². The number of hydrogen-bond donors (Lipinski definition) is 2. The van der Waals surface area contributed by atoms with Crippen LogP contribution in [0.4, 0.5) is 0 Å². The Bertz CT molecular complexity index is 596. The molecular formula is C14H15N3S2. The van der Waals surface area contributed by atoms with Crippen LogP contribution in [0.5, 0.6) is 0 Å². The van der Waals surface area contributed by atoms with E-state index in [1.807, 2.05) is 17.5 Å². The van der Waals surface area contributed by atoms with E-state index in [1.165, 1.54) is 15.3 Å². The molecule has 3 rings (SSSR count). The van der Waals surface area contributed by atoms with Crippen molar-refractivity contribution in [2.75, 3.05) is 6.54 Å². The fourth-order valence-corrected chi connectivity index (χ4v) is 3.54. The van der Waals surface area contributed by atoms with Crippen LogP contribution in [-0.4, -0.2) is 16.5 Å². The van der Waals surface area contributed by atoms with Crippen molar-refractivity contribution in [3.05, 3.63) is 52.1 Å². The summed E-state index contributed by atoms with van der Waals surface area (Å²) in [6.07, 6.45) is 4.60. The quantitative estimate of drug-likeness (QED) is 0.682. The number of nitrogens with one attached hydrogen (secondary N) is 2. The van der Waals surface area contributed by atoms with E-state index in [4.69, 9.17) is 0 Å². The molecule has 0 spiro atoms. The zero-order valence-electron chi connectivity index (χ0n) is 10.4. The number of nitrogens with zero attached hydrogens (tertiary/aromatic N) is 1. The average Bonchev–Trinajstić information content (AvgIpc) is 3.15. The van der Waals surface area contributed by atoms with E-state index in [-0.39, 0.29) is 0 Å². The molecule has 0 amide bonds. The van der Waals surface area contributed by atoms with Crippen LogP contribution in [0.3, 0.4) is 0 Å². The second-order valence-electron chi connectivity index (χ2n) is 4.24. The second kappa shape index (κ2) is 6.14. The summed E-state index contributed by atoms with van der Waals surface area (Å²) in [5.41, 5.74) is 1.34. The smallest absolute Gasteiger partial charge is 0.107 e. The first-order valence-corrected chi connectivity index (χ1v) is 7.98. The van der Waals surface area contributed by atoms with Gasteiger partial charge in [-0.05, 0) is 22.9 Å². The zero-order valence-corrected chi connectivity index (χ0v) is 12.1. The summed E-state index contributed by atoms with van der Waals surface area (Å²) in [6.45, 7) is 1.87. The van der Waals surface area contributed by atoms with Crippen LogP contribution in [0.25, 0.3) is 10.4 Å². The van der Waals surface area contributed by atoms with E-state index in [0.29, 0.717) is 0 Å². The Balaban J connectivity index is 1.48. The van der Waals surface area contributed by atoms with Gasteiger partial charge in [-0.2, -0.15) is 0 Å². The minimum Gasteiger partial charge on any atom is -0.349 e. The van der Waals surface area contributed by atoms with E-state index in [2.05, 4.69) is 44.2 Å². The number of imidazole rings is 1. The van der Waals surface area contributed by atoms with Crippen molar-refractivity contribution in [3.8, 4) is 10.4 Å². The Morgan fingerprint density at radius 1 is 1.32 bits per heavy atom. The predicted molar refractivity (Wildman–Crippen MR) is 81.6 cm³/mol. The summed E-state index contributed by atoms with van der Waals surface area (Å²) in [4.78, 5) is 10.0. The summed E-state index contributed by atoms with van der Waals surface area (Å²) in [5.74, 6) is 1.04. The summed E-state index contributed by atoms with van der Waals surface area (Å²) in [5, 5.41) is 7.80. The van der Waals surface area contributed by atoms with Crippen molar-refractivity contribution in [2.45, 2.75) is 13.0 Å². The van der Waals surface area contributed by atoms with Crippen LogP contribution < -0.4 is 5.32 Å². The van der Waals surface area contributed by atoms with Gasteiger partial charge < -0.3 is 10.3 Å². The Labute approximate surface area is 120 Å². The Morgan fingerprint density at radius 3 is 3.11 bits per heavy atom. The van der Waals surface area contributed by atoms with Crippen molar-refractivity contribution >= 4 is 22.7 Å². The standard InChI is InChI=1S/C14H15N3S2/c1-2-13(18-7-1)11-8-12(19-10-11)9-15-4-3-14-16-5-6-17-14/h1-2,5-8,10,15H,3-4,9H2,(H,16,17). The van der Waals surface area contributed by atoms with Crippen LogP contribution in [0.1, 0.15) is 10.7 Å². The van der Waals surface area contributed by atoms with Crippen molar-refractivity contribution in [1.29, 1.82) is 0 Å². The van der Waals surface area contributed by atoms with Crippen molar-refractivity contribution < 1.29 is 0 Å². The summed E-state index contributed by atoms with van der Waals surface area (Å²) in [6, 6.07) is 6.54. The van der Waals surface area contributed by atoms with E-state index in [1.54, 1.807) is 17.5 Å². The maximum atomic E-state index is 4.21. The molecule has 0 aliphatic rings. The molecule has 2 N–H and O–H groups in total. The predicted octanol–water partition coefficient (Wildman–Crippen LogP) is 3.53. The molecule has 0 saturated heterocycles. The molecule has 0 bridgehead atoms. The molecule has 19 heavy (non-hydrogen) atoms. The molecule has 5 heteroatoms. The maximum Gasteiger partial charge on any atom is 0.107 e. The van der Waals surface area contributed by atoms with Gasteiger partial charge in [-0.15, -0.1) is 22.7 Å². The van der Waals surface area contributed by atoms with Crippen molar-refractivity contribution in [3.63, 3.8) is 0 Å². The minimum atomic E-state index is 0.927. The summed E-state index contributed by atoms with van der Waals surface area (Å²) >= 11 is 3.61. The van der Waals surface area contributed by atoms with E-state index < -0.39 is 0 Å². The second-order valence-corrected chi connectivity index (χ2v) is 6.19. The number of aromatic amines is 1. The van der Waals surface area contributed by atoms with Gasteiger partial charge in [0.15, 0.2) is 0 Å². The minimum absolute atomic E-state index is 0.927. The SMILES string of the molecule is c1csc(-c2csc(CNCCc3ncc[nH]3)c2)c1. The molecular weight excluding hydrogens is 274 g/mol. The van der Waals surface area contributed by atoms with Crippen molar-refractivity contribution in [2.24, 2.45) is 0 Å². The fourth-order valence-electron chi connectivity index (χ4n) is 1.90. The number of hydrogen-bond acceptors (Lipinski definition) is 4. The lowest BCUT2D eigenvalue weighted by Crippen LogP contribution is -2.16. The van der Waals surface area contributed by atoms with Gasteiger partial charge in [0.1, 0.15) is 5.82 Å². The van der Waals surface area contributed by atoms with E-state index in [9.17, 15) is 0 Å². The molecule has 0 aromatic carbocycles. The Kier molecular flexibility index (Phi) is 4.07. The maximum absolute atomic E-state index is 4.21. The molecule has 3 nitrogen and oxygen atoms in total. The molecule has 0 aliphatic heterocycles. The first-order chi connectivity index (χ1) is 9.42. The van der Waals surface area contributed by atoms with Gasteiger partial charge in [0, 0.05) is 47.2 Å². The molecule has 0 radical (unpaired) electrons. The molecule has 3 heterocycles. The van der Waals surface area contributed by atoms with Gasteiger partial charge in [0.25, 0.3) is 0 Å². The van der Waals surface area contributed by atoms with Crippen LogP contribution in [0, 0.1) is 0 Å². The van der Waals surface area contributed by atoms with Gasteiger partial charge in [0.2, 0.25) is 0 Å². The van der Waals surface area contributed by atoms with Crippen LogP contribution in [0.15, 0.2) is 41.4 Å². The lowest BCUT2D eigenvalue weighted by Gasteiger charge is -2.00. The molecule has 3 aromatic heterocycles. The normalized spacial score (nSPS) is 10.9. The Morgan fingerprint density at radius 2 is 2.32 bits per heavy atom. The lowest BCUT2D eigenvalue weighted by molar-refractivity contribution is 0.680. The Hall–Kier alpha value is -1.43. The first kappa shape index (κ1) is 12.6. The van der Waals surface area contributed by atoms with Crippen LogP contribution in [0.2, 0.25) is 0 Å². The van der Waals surface area contributed by atoms with E-state index >= 15 is 0 Å². The van der Waals surface area contributed by atoms with Crippen molar-refractivity contribution in [1.82, 2.24) is 15.3 Å². The highest BCUT2D eigenvalue weighted by atomic mass is 32.1. The van der Waals surface area contributed by atoms with E-state index in [0.717, 1.165) is 25.3 Å². The largest absolute Gasteiger partial charge is 0.349 e. The number of H-pyrrole nitrogens is 1. The van der Waals surface area contributed by atoms with Gasteiger partial charge in [0.05, 0.1) is 0 Å². The fraction of sp³-hybridized carbons (Fsp3) is 0.214. The highest BCUT2D eigenvalue weighted by Gasteiger charge is 2.03. The molecule has 3 aromatic rings. The van der Waals surface area contributed by atoms with Crippen LogP contribution in [-0.2, 0) is 13.0 Å². The third-order valence-corrected chi connectivity index (χ3v) is 4.71. The van der Waals surface area contributed by atoms with Crippen LogP contribution >= 0.6 is 22.7 Å². The highest BCUT2D eigenvalue weighted by Crippen LogP contribution is 2.29.